The molecule has 2 N–H and O–H groups in total. The molecule has 6 nitrogen and oxygen atoms in total. The molecule has 0 aliphatic rings. The van der Waals surface area contributed by atoms with Crippen LogP contribution in [0.15, 0.2) is 29.3 Å². The third-order valence-corrected chi connectivity index (χ3v) is 3.97. The first-order valence-corrected chi connectivity index (χ1v) is 8.93. The van der Waals surface area contributed by atoms with Crippen molar-refractivity contribution >= 4 is 41.6 Å². The summed E-state index contributed by atoms with van der Waals surface area (Å²) in [4.78, 5) is 17.6. The number of benzene rings is 1. The summed E-state index contributed by atoms with van der Waals surface area (Å²) in [7, 11) is 3.19. The molecule has 1 aromatic rings. The van der Waals surface area contributed by atoms with Crippen molar-refractivity contribution < 1.29 is 9.53 Å². The number of esters is 1. The Kier molecular flexibility index (Phi) is 13.8. The number of hydrogen-bond donors (Lipinski definition) is 2. The van der Waals surface area contributed by atoms with E-state index in [0.717, 1.165) is 45.0 Å². The molecule has 0 heterocycles. The molecule has 0 radical (unpaired) electrons. The Bertz CT molecular complexity index is 552. The van der Waals surface area contributed by atoms with Crippen LogP contribution in [0.4, 0.5) is 5.69 Å². The maximum Gasteiger partial charge on any atom is 0.305 e. The highest BCUT2D eigenvalue weighted by Gasteiger charge is 2.05. The van der Waals surface area contributed by atoms with Gasteiger partial charge in [-0.1, -0.05) is 12.1 Å². The fourth-order valence-electron chi connectivity index (χ4n) is 2.53. The number of rotatable bonds is 10. The van der Waals surface area contributed by atoms with Crippen LogP contribution in [-0.4, -0.2) is 52.3 Å². The number of nitrogens with one attached hydrogen (secondary N) is 2. The van der Waals surface area contributed by atoms with E-state index < -0.39 is 0 Å². The van der Waals surface area contributed by atoms with Gasteiger partial charge in [0.25, 0.3) is 0 Å². The van der Waals surface area contributed by atoms with E-state index in [4.69, 9.17) is 0 Å². The number of carbonyl (C=O) groups excluding carboxylic acids is 1. The zero-order valence-electron chi connectivity index (χ0n) is 16.4. The maximum absolute atomic E-state index is 11.1. The van der Waals surface area contributed by atoms with Gasteiger partial charge in [0.05, 0.1) is 7.11 Å². The summed E-state index contributed by atoms with van der Waals surface area (Å²) in [6, 6.07) is 8.56. The highest BCUT2D eigenvalue weighted by molar-refractivity contribution is 14.0. The number of likely N-dealkylation sites (N-methyl/N-ethyl adjacent to an activating group) is 1. The topological polar surface area (TPSA) is 66.0 Å². The summed E-state index contributed by atoms with van der Waals surface area (Å²) in [5.41, 5.74) is 2.52. The summed E-state index contributed by atoms with van der Waals surface area (Å²) >= 11 is 0. The molecule has 0 atom stereocenters. The molecule has 0 spiro atoms. The van der Waals surface area contributed by atoms with Crippen LogP contribution in [0, 0.1) is 6.92 Å². The Hall–Kier alpha value is -1.51. The zero-order chi connectivity index (χ0) is 18.5. The molecule has 0 bridgehead atoms. The van der Waals surface area contributed by atoms with Gasteiger partial charge >= 0.3 is 5.97 Å². The predicted octanol–water partition coefficient (Wildman–Crippen LogP) is 2.95. The summed E-state index contributed by atoms with van der Waals surface area (Å²) in [6.45, 7) is 7.74. The van der Waals surface area contributed by atoms with E-state index in [2.05, 4.69) is 63.4 Å². The second kappa shape index (κ2) is 14.6. The van der Waals surface area contributed by atoms with Crippen molar-refractivity contribution in [3.8, 4) is 0 Å². The first kappa shape index (κ1) is 24.5. The minimum absolute atomic E-state index is 0. The van der Waals surface area contributed by atoms with Crippen LogP contribution in [0.5, 0.6) is 0 Å². The minimum atomic E-state index is -0.154. The van der Waals surface area contributed by atoms with Gasteiger partial charge in [0.15, 0.2) is 5.96 Å². The van der Waals surface area contributed by atoms with E-state index >= 15 is 0 Å². The summed E-state index contributed by atoms with van der Waals surface area (Å²) in [5.74, 6) is 0.636. The summed E-state index contributed by atoms with van der Waals surface area (Å²) in [6.07, 6.45) is 2.18. The van der Waals surface area contributed by atoms with Gasteiger partial charge in [-0.25, -0.2) is 0 Å². The average molecular weight is 476 g/mol. The van der Waals surface area contributed by atoms with Crippen LogP contribution < -0.4 is 15.5 Å². The Morgan fingerprint density at radius 3 is 2.58 bits per heavy atom. The highest BCUT2D eigenvalue weighted by atomic mass is 127. The number of guanidine groups is 1. The van der Waals surface area contributed by atoms with Crippen molar-refractivity contribution in [2.45, 2.75) is 33.1 Å². The number of unbranched alkanes of at least 4 members (excludes halogenated alkanes) is 1. The summed E-state index contributed by atoms with van der Waals surface area (Å²) < 4.78 is 4.63. The monoisotopic (exact) mass is 476 g/mol. The third-order valence-electron chi connectivity index (χ3n) is 3.97. The number of hydrogen-bond acceptors (Lipinski definition) is 4. The predicted molar refractivity (Wildman–Crippen MR) is 120 cm³/mol. The number of aliphatic imine (C=N–C) groups is 1. The van der Waals surface area contributed by atoms with Crippen LogP contribution in [-0.2, 0) is 9.53 Å². The van der Waals surface area contributed by atoms with E-state index in [9.17, 15) is 4.79 Å². The molecule has 1 rings (SSSR count). The molecular formula is C19H33IN4O2. The normalized spacial score (nSPS) is 10.7. The van der Waals surface area contributed by atoms with Crippen molar-refractivity contribution in [1.29, 1.82) is 0 Å². The van der Waals surface area contributed by atoms with E-state index in [-0.39, 0.29) is 29.9 Å². The Balaban J connectivity index is 0.00000625. The molecule has 7 heteroatoms. The molecule has 0 fully saturated rings. The number of nitrogens with zero attached hydrogens (tertiary/aromatic N) is 2. The molecular weight excluding hydrogens is 443 g/mol. The number of anilines is 1. The minimum Gasteiger partial charge on any atom is -0.469 e. The lowest BCUT2D eigenvalue weighted by molar-refractivity contribution is -0.140. The summed E-state index contributed by atoms with van der Waals surface area (Å²) in [5, 5.41) is 6.61. The molecule has 0 aliphatic heterocycles. The molecule has 0 aromatic heterocycles. The second-order valence-corrected chi connectivity index (χ2v) is 5.88. The van der Waals surface area contributed by atoms with Crippen LogP contribution in [0.2, 0.25) is 0 Å². The molecule has 26 heavy (non-hydrogen) atoms. The van der Waals surface area contributed by atoms with Crippen molar-refractivity contribution in [2.24, 2.45) is 4.99 Å². The van der Waals surface area contributed by atoms with E-state index in [1.165, 1.54) is 18.4 Å². The zero-order valence-corrected chi connectivity index (χ0v) is 18.7. The average Bonchev–Trinajstić information content (AvgIpc) is 2.62. The lowest BCUT2D eigenvalue weighted by Crippen LogP contribution is -2.42. The Labute approximate surface area is 174 Å². The molecule has 0 aliphatic carbocycles. The smallest absolute Gasteiger partial charge is 0.305 e. The van der Waals surface area contributed by atoms with Crippen molar-refractivity contribution in [3.05, 3.63) is 29.8 Å². The SMILES string of the molecule is CCN(CCNC(=NC)NCCCCC(=O)OC)c1cccc(C)c1.I. The highest BCUT2D eigenvalue weighted by Crippen LogP contribution is 2.14. The van der Waals surface area contributed by atoms with Crippen LogP contribution in [0.25, 0.3) is 0 Å². The largest absolute Gasteiger partial charge is 0.469 e. The van der Waals surface area contributed by atoms with Gasteiger partial charge in [0, 0.05) is 45.3 Å². The second-order valence-electron chi connectivity index (χ2n) is 5.88. The number of ether oxygens (including phenoxy) is 1. The fourth-order valence-corrected chi connectivity index (χ4v) is 2.53. The van der Waals surface area contributed by atoms with Gasteiger partial charge in [-0.2, -0.15) is 0 Å². The third kappa shape index (κ3) is 9.84. The van der Waals surface area contributed by atoms with E-state index in [1.807, 2.05) is 0 Å². The van der Waals surface area contributed by atoms with Gasteiger partial charge in [-0.3, -0.25) is 9.79 Å². The van der Waals surface area contributed by atoms with Crippen molar-refractivity contribution in [1.82, 2.24) is 10.6 Å². The lowest BCUT2D eigenvalue weighted by atomic mass is 10.2. The fraction of sp³-hybridized carbons (Fsp3) is 0.579. The van der Waals surface area contributed by atoms with E-state index in [1.54, 1.807) is 7.05 Å². The van der Waals surface area contributed by atoms with E-state index in [0.29, 0.717) is 6.42 Å². The molecule has 0 amide bonds. The first-order chi connectivity index (χ1) is 12.1. The van der Waals surface area contributed by atoms with Gasteiger partial charge in [0.1, 0.15) is 0 Å². The van der Waals surface area contributed by atoms with Gasteiger partial charge < -0.3 is 20.3 Å². The number of halogens is 1. The molecule has 148 valence electrons. The quantitative estimate of drug-likeness (QED) is 0.179. The maximum atomic E-state index is 11.1. The molecule has 0 saturated carbocycles. The lowest BCUT2D eigenvalue weighted by Gasteiger charge is -2.24. The van der Waals surface area contributed by atoms with Gasteiger partial charge in [-0.05, 0) is 44.4 Å². The van der Waals surface area contributed by atoms with Crippen LogP contribution in [0.1, 0.15) is 31.7 Å². The van der Waals surface area contributed by atoms with Gasteiger partial charge in [0.2, 0.25) is 0 Å². The number of methoxy groups -OCH3 is 1. The molecule has 0 saturated heterocycles. The molecule has 0 unspecified atom stereocenters. The number of carbonyl (C=O) groups is 1. The van der Waals surface area contributed by atoms with Crippen molar-refractivity contribution in [2.75, 3.05) is 45.2 Å². The molecule has 1 aromatic carbocycles. The number of aryl methyl sites for hydroxylation is 1. The Morgan fingerprint density at radius 1 is 1.23 bits per heavy atom. The standard InChI is InChI=1S/C19H32N4O2.HI/c1-5-23(17-10-8-9-16(2)15-17)14-13-22-19(20-3)21-12-7-6-11-18(24)25-4;/h8-10,15H,5-7,11-14H2,1-4H3,(H2,20,21,22);1H. The Morgan fingerprint density at radius 2 is 1.96 bits per heavy atom. The first-order valence-electron chi connectivity index (χ1n) is 8.93. The van der Waals surface area contributed by atoms with Crippen molar-refractivity contribution in [3.63, 3.8) is 0 Å². The van der Waals surface area contributed by atoms with Crippen LogP contribution in [0.3, 0.4) is 0 Å². The van der Waals surface area contributed by atoms with Gasteiger partial charge in [-0.15, -0.1) is 24.0 Å². The van der Waals surface area contributed by atoms with Crippen LogP contribution >= 0.6 is 24.0 Å².